The molecule has 0 N–H and O–H groups in total. The Hall–Kier alpha value is -2.34. The lowest BCUT2D eigenvalue weighted by Gasteiger charge is -2.38. The molecule has 1 amide bonds. The Balaban J connectivity index is 1.23. The van der Waals surface area contributed by atoms with E-state index in [9.17, 15) is 4.79 Å². The number of piperidine rings is 1. The van der Waals surface area contributed by atoms with Crippen LogP contribution in [-0.2, 0) is 11.8 Å². The third kappa shape index (κ3) is 4.22. The number of likely N-dealkylation sites (tertiary alicyclic amines) is 1. The van der Waals surface area contributed by atoms with Crippen LogP contribution in [0.15, 0.2) is 36.7 Å². The van der Waals surface area contributed by atoms with Crippen molar-refractivity contribution in [2.24, 2.45) is 7.05 Å². The SMILES string of the molecule is Cc1cccc(N2CCN(CC(=O)N3CCC(c4nccn4C)CC3)CC2)c1. The van der Waals surface area contributed by atoms with Crippen LogP contribution < -0.4 is 4.90 Å². The number of nitrogens with zero attached hydrogens (tertiary/aromatic N) is 5. The molecule has 3 heterocycles. The van der Waals surface area contributed by atoms with Crippen molar-refractivity contribution in [2.75, 3.05) is 50.7 Å². The number of carbonyl (C=O) groups is 1. The van der Waals surface area contributed by atoms with Gasteiger partial charge in [-0.1, -0.05) is 12.1 Å². The lowest BCUT2D eigenvalue weighted by atomic mass is 9.96. The van der Waals surface area contributed by atoms with Crippen molar-refractivity contribution in [3.05, 3.63) is 48.0 Å². The number of hydrogen-bond donors (Lipinski definition) is 0. The van der Waals surface area contributed by atoms with Gasteiger partial charge >= 0.3 is 0 Å². The summed E-state index contributed by atoms with van der Waals surface area (Å²) in [6.45, 7) is 8.24. The molecule has 28 heavy (non-hydrogen) atoms. The molecule has 0 radical (unpaired) electrons. The Kier molecular flexibility index (Phi) is 5.67. The highest BCUT2D eigenvalue weighted by Gasteiger charge is 2.27. The Morgan fingerprint density at radius 3 is 2.50 bits per heavy atom. The van der Waals surface area contributed by atoms with Gasteiger partial charge in [-0.15, -0.1) is 0 Å². The molecule has 0 bridgehead atoms. The number of anilines is 1. The highest BCUT2D eigenvalue weighted by molar-refractivity contribution is 5.78. The number of aromatic nitrogens is 2. The van der Waals surface area contributed by atoms with E-state index in [0.717, 1.165) is 57.9 Å². The summed E-state index contributed by atoms with van der Waals surface area (Å²) >= 11 is 0. The van der Waals surface area contributed by atoms with E-state index >= 15 is 0 Å². The summed E-state index contributed by atoms with van der Waals surface area (Å²) in [5.41, 5.74) is 2.59. The molecule has 2 aliphatic rings. The molecule has 2 fully saturated rings. The molecule has 0 aliphatic carbocycles. The standard InChI is InChI=1S/C22H31N5O/c1-18-4-3-5-20(16-18)26-14-12-25(13-15-26)17-21(28)27-9-6-19(7-10-27)22-23-8-11-24(22)2/h3-5,8,11,16,19H,6-7,9-10,12-15,17H2,1-2H3. The maximum atomic E-state index is 12.8. The largest absolute Gasteiger partial charge is 0.369 e. The van der Waals surface area contributed by atoms with Gasteiger partial charge in [0.05, 0.1) is 6.54 Å². The van der Waals surface area contributed by atoms with Gasteiger partial charge in [-0.25, -0.2) is 4.98 Å². The Morgan fingerprint density at radius 1 is 1.11 bits per heavy atom. The van der Waals surface area contributed by atoms with Gasteiger partial charge in [0.2, 0.25) is 5.91 Å². The number of hydrogen-bond acceptors (Lipinski definition) is 4. The van der Waals surface area contributed by atoms with Crippen LogP contribution in [0.4, 0.5) is 5.69 Å². The van der Waals surface area contributed by atoms with Crippen LogP contribution in [0.1, 0.15) is 30.1 Å². The van der Waals surface area contributed by atoms with Gasteiger partial charge in [0.15, 0.2) is 0 Å². The van der Waals surface area contributed by atoms with Crippen LogP contribution in [0.25, 0.3) is 0 Å². The van der Waals surface area contributed by atoms with Crippen LogP contribution in [0.3, 0.4) is 0 Å². The third-order valence-corrected chi connectivity index (χ3v) is 6.17. The highest BCUT2D eigenvalue weighted by Crippen LogP contribution is 2.26. The second kappa shape index (κ2) is 8.35. The molecular formula is C22H31N5O. The van der Waals surface area contributed by atoms with Gasteiger partial charge in [-0.3, -0.25) is 9.69 Å². The zero-order valence-electron chi connectivity index (χ0n) is 17.0. The molecule has 0 spiro atoms. The summed E-state index contributed by atoms with van der Waals surface area (Å²) in [5, 5.41) is 0. The molecule has 2 aromatic rings. The average molecular weight is 382 g/mol. The molecule has 150 valence electrons. The van der Waals surface area contributed by atoms with E-state index in [2.05, 4.69) is 57.6 Å². The molecule has 1 aromatic heterocycles. The van der Waals surface area contributed by atoms with E-state index in [4.69, 9.17) is 0 Å². The number of imidazole rings is 1. The molecule has 1 aromatic carbocycles. The number of amides is 1. The molecule has 0 unspecified atom stereocenters. The molecule has 4 rings (SSSR count). The molecule has 6 heteroatoms. The van der Waals surface area contributed by atoms with Crippen molar-refractivity contribution in [1.29, 1.82) is 0 Å². The first-order valence-corrected chi connectivity index (χ1v) is 10.4. The minimum absolute atomic E-state index is 0.280. The fourth-order valence-corrected chi connectivity index (χ4v) is 4.44. The fourth-order valence-electron chi connectivity index (χ4n) is 4.44. The average Bonchev–Trinajstić information content (AvgIpc) is 3.14. The zero-order valence-corrected chi connectivity index (χ0v) is 17.0. The van der Waals surface area contributed by atoms with Crippen LogP contribution >= 0.6 is 0 Å². The number of piperazine rings is 1. The van der Waals surface area contributed by atoms with Crippen LogP contribution in [0, 0.1) is 6.92 Å². The topological polar surface area (TPSA) is 44.6 Å². The van der Waals surface area contributed by atoms with E-state index < -0.39 is 0 Å². The van der Waals surface area contributed by atoms with Gasteiger partial charge in [0.25, 0.3) is 0 Å². The summed E-state index contributed by atoms with van der Waals surface area (Å²) in [7, 11) is 2.05. The first-order valence-electron chi connectivity index (χ1n) is 10.4. The molecule has 6 nitrogen and oxygen atoms in total. The van der Waals surface area contributed by atoms with Gasteiger partial charge in [0, 0.05) is 70.3 Å². The number of rotatable bonds is 4. The number of carbonyl (C=O) groups excluding carboxylic acids is 1. The summed E-state index contributed by atoms with van der Waals surface area (Å²) in [6, 6.07) is 8.68. The lowest BCUT2D eigenvalue weighted by Crippen LogP contribution is -2.51. The van der Waals surface area contributed by atoms with E-state index in [1.807, 2.05) is 17.3 Å². The minimum atomic E-state index is 0.280. The molecule has 0 saturated carbocycles. The Labute approximate surface area is 167 Å². The van der Waals surface area contributed by atoms with Crippen LogP contribution in [-0.4, -0.2) is 71.1 Å². The number of aryl methyl sites for hydroxylation is 2. The van der Waals surface area contributed by atoms with Crippen molar-refractivity contribution in [3.63, 3.8) is 0 Å². The lowest BCUT2D eigenvalue weighted by molar-refractivity contribution is -0.133. The smallest absolute Gasteiger partial charge is 0.236 e. The summed E-state index contributed by atoms with van der Waals surface area (Å²) < 4.78 is 2.11. The quantitative estimate of drug-likeness (QED) is 0.815. The Morgan fingerprint density at radius 2 is 1.86 bits per heavy atom. The van der Waals surface area contributed by atoms with Crippen LogP contribution in [0.5, 0.6) is 0 Å². The first-order chi connectivity index (χ1) is 13.6. The Bertz CT molecular complexity index is 801. The van der Waals surface area contributed by atoms with E-state index in [-0.39, 0.29) is 5.91 Å². The molecule has 0 atom stereocenters. The predicted octanol–water partition coefficient (Wildman–Crippen LogP) is 2.26. The normalized spacial score (nSPS) is 19.2. The molecule has 2 saturated heterocycles. The first kappa shape index (κ1) is 19.0. The predicted molar refractivity (Wildman–Crippen MR) is 112 cm³/mol. The van der Waals surface area contributed by atoms with Gasteiger partial charge < -0.3 is 14.4 Å². The van der Waals surface area contributed by atoms with Crippen molar-refractivity contribution >= 4 is 11.6 Å². The van der Waals surface area contributed by atoms with Gasteiger partial charge in [0.1, 0.15) is 5.82 Å². The van der Waals surface area contributed by atoms with Gasteiger partial charge in [-0.2, -0.15) is 0 Å². The maximum absolute atomic E-state index is 12.8. The van der Waals surface area contributed by atoms with Crippen LogP contribution in [0.2, 0.25) is 0 Å². The highest BCUT2D eigenvalue weighted by atomic mass is 16.2. The second-order valence-corrected chi connectivity index (χ2v) is 8.15. The zero-order chi connectivity index (χ0) is 19.5. The summed E-state index contributed by atoms with van der Waals surface area (Å²) in [6.07, 6.45) is 5.89. The van der Waals surface area contributed by atoms with Crippen molar-refractivity contribution < 1.29 is 4.79 Å². The summed E-state index contributed by atoms with van der Waals surface area (Å²) in [4.78, 5) is 24.0. The fraction of sp³-hybridized carbons (Fsp3) is 0.545. The van der Waals surface area contributed by atoms with E-state index in [1.54, 1.807) is 0 Å². The van der Waals surface area contributed by atoms with E-state index in [0.29, 0.717) is 12.5 Å². The van der Waals surface area contributed by atoms with Crippen molar-refractivity contribution in [3.8, 4) is 0 Å². The van der Waals surface area contributed by atoms with Gasteiger partial charge in [-0.05, 0) is 37.5 Å². The minimum Gasteiger partial charge on any atom is -0.369 e. The number of benzene rings is 1. The molecular weight excluding hydrogens is 350 g/mol. The molecule has 2 aliphatic heterocycles. The third-order valence-electron chi connectivity index (χ3n) is 6.17. The maximum Gasteiger partial charge on any atom is 0.236 e. The van der Waals surface area contributed by atoms with Crippen molar-refractivity contribution in [1.82, 2.24) is 19.4 Å². The van der Waals surface area contributed by atoms with E-state index in [1.165, 1.54) is 11.3 Å². The monoisotopic (exact) mass is 381 g/mol. The second-order valence-electron chi connectivity index (χ2n) is 8.15. The summed E-state index contributed by atoms with van der Waals surface area (Å²) in [5.74, 6) is 1.91. The van der Waals surface area contributed by atoms with Crippen molar-refractivity contribution in [2.45, 2.75) is 25.7 Å².